The van der Waals surface area contributed by atoms with Crippen molar-refractivity contribution >= 4 is 23.5 Å². The van der Waals surface area contributed by atoms with Gasteiger partial charge in [-0.15, -0.1) is 0 Å². The van der Waals surface area contributed by atoms with Crippen LogP contribution in [-0.2, 0) is 14.3 Å². The number of amides is 2. The van der Waals surface area contributed by atoms with Gasteiger partial charge in [0.15, 0.2) is 0 Å². The highest BCUT2D eigenvalue weighted by Gasteiger charge is 2.34. The van der Waals surface area contributed by atoms with Gasteiger partial charge in [-0.05, 0) is 19.1 Å². The van der Waals surface area contributed by atoms with Gasteiger partial charge in [0.25, 0.3) is 0 Å². The van der Waals surface area contributed by atoms with Crippen molar-refractivity contribution in [2.24, 2.45) is 5.92 Å². The lowest BCUT2D eigenvalue weighted by Crippen LogP contribution is -2.31. The van der Waals surface area contributed by atoms with E-state index in [0.717, 1.165) is 5.56 Å². The number of nitrogens with zero attached hydrogens (tertiary/aromatic N) is 1. The summed E-state index contributed by atoms with van der Waals surface area (Å²) in [6, 6.07) is 4.80. The van der Waals surface area contributed by atoms with Crippen molar-refractivity contribution in [3.8, 4) is 0 Å². The molecule has 2 amide bonds. The SMILES string of the molecule is COCCN1CC(C(=O)Nc2ccc(C)cc2C(=O)O)CC1=O. The molecule has 7 nitrogen and oxygen atoms in total. The van der Waals surface area contributed by atoms with Crippen LogP contribution in [0.1, 0.15) is 22.3 Å². The summed E-state index contributed by atoms with van der Waals surface area (Å²) in [6.07, 6.45) is 0.129. The zero-order valence-corrected chi connectivity index (χ0v) is 13.2. The number of ether oxygens (including phenoxy) is 1. The summed E-state index contributed by atoms with van der Waals surface area (Å²) < 4.78 is 4.94. The van der Waals surface area contributed by atoms with Crippen LogP contribution in [0.5, 0.6) is 0 Å². The summed E-state index contributed by atoms with van der Waals surface area (Å²) in [6.45, 7) is 2.97. The number of carboxylic acids is 1. The second-order valence-corrected chi connectivity index (χ2v) is 5.58. The Kier molecular flexibility index (Phi) is 5.33. The zero-order chi connectivity index (χ0) is 17.0. The fourth-order valence-electron chi connectivity index (χ4n) is 2.54. The first kappa shape index (κ1) is 17.0. The lowest BCUT2D eigenvalue weighted by molar-refractivity contribution is -0.128. The number of carboxylic acid groups (broad SMARTS) is 1. The number of nitrogens with one attached hydrogen (secondary N) is 1. The van der Waals surface area contributed by atoms with E-state index in [1.807, 2.05) is 0 Å². The molecular weight excluding hydrogens is 300 g/mol. The second kappa shape index (κ2) is 7.23. The van der Waals surface area contributed by atoms with Gasteiger partial charge in [-0.3, -0.25) is 9.59 Å². The molecule has 23 heavy (non-hydrogen) atoms. The maximum Gasteiger partial charge on any atom is 0.337 e. The van der Waals surface area contributed by atoms with Crippen LogP contribution in [0.3, 0.4) is 0 Å². The summed E-state index contributed by atoms with van der Waals surface area (Å²) in [5, 5.41) is 11.9. The maximum atomic E-state index is 12.3. The largest absolute Gasteiger partial charge is 0.478 e. The molecule has 1 fully saturated rings. The van der Waals surface area contributed by atoms with Gasteiger partial charge in [-0.25, -0.2) is 4.79 Å². The van der Waals surface area contributed by atoms with Gasteiger partial charge in [-0.1, -0.05) is 11.6 Å². The van der Waals surface area contributed by atoms with E-state index in [-0.39, 0.29) is 29.5 Å². The van der Waals surface area contributed by atoms with Crippen LogP contribution >= 0.6 is 0 Å². The maximum absolute atomic E-state index is 12.3. The average molecular weight is 320 g/mol. The lowest BCUT2D eigenvalue weighted by atomic mass is 10.1. The van der Waals surface area contributed by atoms with Crippen LogP contribution in [0, 0.1) is 12.8 Å². The Morgan fingerprint density at radius 3 is 2.83 bits per heavy atom. The molecule has 2 N–H and O–H groups in total. The first-order chi connectivity index (χ1) is 10.9. The van der Waals surface area contributed by atoms with Crippen molar-refractivity contribution < 1.29 is 24.2 Å². The van der Waals surface area contributed by atoms with E-state index in [4.69, 9.17) is 4.74 Å². The van der Waals surface area contributed by atoms with Crippen LogP contribution in [-0.4, -0.2) is 54.6 Å². The number of rotatable bonds is 6. The minimum Gasteiger partial charge on any atom is -0.478 e. The Labute approximate surface area is 134 Å². The van der Waals surface area contributed by atoms with Gasteiger partial charge in [-0.2, -0.15) is 0 Å². The average Bonchev–Trinajstić information content (AvgIpc) is 2.88. The molecule has 124 valence electrons. The lowest BCUT2D eigenvalue weighted by Gasteiger charge is -2.16. The van der Waals surface area contributed by atoms with Crippen LogP contribution in [0.4, 0.5) is 5.69 Å². The van der Waals surface area contributed by atoms with Gasteiger partial charge >= 0.3 is 5.97 Å². The fourth-order valence-corrected chi connectivity index (χ4v) is 2.54. The summed E-state index contributed by atoms with van der Waals surface area (Å²) in [5.74, 6) is -2.02. The summed E-state index contributed by atoms with van der Waals surface area (Å²) in [7, 11) is 1.55. The summed E-state index contributed by atoms with van der Waals surface area (Å²) in [4.78, 5) is 37.0. The van der Waals surface area contributed by atoms with Crippen molar-refractivity contribution in [2.45, 2.75) is 13.3 Å². The van der Waals surface area contributed by atoms with Crippen molar-refractivity contribution in [1.82, 2.24) is 4.90 Å². The molecule has 1 aromatic carbocycles. The Balaban J connectivity index is 2.06. The molecule has 7 heteroatoms. The Bertz CT molecular complexity index is 629. The molecule has 1 aromatic rings. The minimum atomic E-state index is -1.10. The number of likely N-dealkylation sites (tertiary alicyclic amines) is 1. The number of benzene rings is 1. The van der Waals surface area contributed by atoms with Crippen molar-refractivity contribution in [2.75, 3.05) is 32.1 Å². The van der Waals surface area contributed by atoms with E-state index >= 15 is 0 Å². The highest BCUT2D eigenvalue weighted by atomic mass is 16.5. The van der Waals surface area contributed by atoms with Crippen LogP contribution in [0.25, 0.3) is 0 Å². The number of aryl methyl sites for hydroxylation is 1. The third kappa shape index (κ3) is 4.07. The predicted molar refractivity (Wildman–Crippen MR) is 83.3 cm³/mol. The Hall–Kier alpha value is -2.41. The first-order valence-electron chi connectivity index (χ1n) is 7.34. The first-order valence-corrected chi connectivity index (χ1v) is 7.34. The topological polar surface area (TPSA) is 95.9 Å². The molecule has 0 spiro atoms. The van der Waals surface area contributed by atoms with E-state index in [1.54, 1.807) is 31.1 Å². The van der Waals surface area contributed by atoms with Gasteiger partial charge in [0, 0.05) is 26.6 Å². The molecule has 1 aliphatic rings. The van der Waals surface area contributed by atoms with E-state index in [9.17, 15) is 19.5 Å². The standard InChI is InChI=1S/C16H20N2O5/c1-10-3-4-13(12(7-10)16(21)22)17-15(20)11-8-14(19)18(9-11)5-6-23-2/h3-4,7,11H,5-6,8-9H2,1-2H3,(H,17,20)(H,21,22). The van der Waals surface area contributed by atoms with E-state index < -0.39 is 11.9 Å². The molecule has 0 aromatic heterocycles. The molecule has 1 saturated heterocycles. The molecule has 0 aliphatic carbocycles. The van der Waals surface area contributed by atoms with Gasteiger partial charge < -0.3 is 20.1 Å². The molecule has 0 bridgehead atoms. The monoisotopic (exact) mass is 320 g/mol. The Morgan fingerprint density at radius 1 is 1.43 bits per heavy atom. The number of aromatic carboxylic acids is 1. The van der Waals surface area contributed by atoms with Crippen molar-refractivity contribution in [1.29, 1.82) is 0 Å². The molecule has 1 heterocycles. The number of hydrogen-bond donors (Lipinski definition) is 2. The third-order valence-electron chi connectivity index (χ3n) is 3.81. The van der Waals surface area contributed by atoms with Crippen molar-refractivity contribution in [3.63, 3.8) is 0 Å². The molecular formula is C16H20N2O5. The molecule has 0 saturated carbocycles. The van der Waals surface area contributed by atoms with Gasteiger partial charge in [0.2, 0.25) is 11.8 Å². The normalized spacial score (nSPS) is 17.4. The van der Waals surface area contributed by atoms with E-state index in [0.29, 0.717) is 19.7 Å². The quantitative estimate of drug-likeness (QED) is 0.819. The summed E-state index contributed by atoms with van der Waals surface area (Å²) in [5.41, 5.74) is 1.08. The number of carbonyl (C=O) groups excluding carboxylic acids is 2. The Morgan fingerprint density at radius 2 is 2.17 bits per heavy atom. The number of carbonyl (C=O) groups is 3. The third-order valence-corrected chi connectivity index (χ3v) is 3.81. The summed E-state index contributed by atoms with van der Waals surface area (Å²) >= 11 is 0. The molecule has 0 radical (unpaired) electrons. The van der Waals surface area contributed by atoms with Crippen LogP contribution in [0.15, 0.2) is 18.2 Å². The van der Waals surface area contributed by atoms with Gasteiger partial charge in [0.1, 0.15) is 0 Å². The smallest absolute Gasteiger partial charge is 0.337 e. The highest BCUT2D eigenvalue weighted by molar-refractivity contribution is 6.02. The minimum absolute atomic E-state index is 0.0407. The number of methoxy groups -OCH3 is 1. The number of hydrogen-bond acceptors (Lipinski definition) is 4. The van der Waals surface area contributed by atoms with Crippen LogP contribution in [0.2, 0.25) is 0 Å². The highest BCUT2D eigenvalue weighted by Crippen LogP contribution is 2.22. The molecule has 1 aliphatic heterocycles. The van der Waals surface area contributed by atoms with E-state index in [2.05, 4.69) is 5.32 Å². The molecule has 1 unspecified atom stereocenters. The zero-order valence-electron chi connectivity index (χ0n) is 13.2. The fraction of sp³-hybridized carbons (Fsp3) is 0.438. The van der Waals surface area contributed by atoms with E-state index in [1.165, 1.54) is 6.07 Å². The second-order valence-electron chi connectivity index (χ2n) is 5.58. The predicted octanol–water partition coefficient (Wildman–Crippen LogP) is 1.13. The van der Waals surface area contributed by atoms with Crippen LogP contribution < -0.4 is 5.32 Å². The molecule has 1 atom stereocenters. The van der Waals surface area contributed by atoms with Crippen molar-refractivity contribution in [3.05, 3.63) is 29.3 Å². The number of anilines is 1. The molecule has 2 rings (SSSR count). The van der Waals surface area contributed by atoms with Gasteiger partial charge in [0.05, 0.1) is 23.8 Å².